The van der Waals surface area contributed by atoms with E-state index in [2.05, 4.69) is 37.4 Å². The number of unbranched alkanes of at least 4 members (excludes halogenated alkanes) is 1. The van der Waals surface area contributed by atoms with E-state index in [0.29, 0.717) is 0 Å². The zero-order valence-electron chi connectivity index (χ0n) is 15.0. The van der Waals surface area contributed by atoms with Gasteiger partial charge in [0.05, 0.1) is 25.9 Å². The fourth-order valence-electron chi connectivity index (χ4n) is 2.52. The smallest absolute Gasteiger partial charge is 0.129 e. The number of hydrogen-bond acceptors (Lipinski definition) is 5. The Kier molecular flexibility index (Phi) is 10.4. The van der Waals surface area contributed by atoms with Crippen molar-refractivity contribution < 1.29 is 14.2 Å². The van der Waals surface area contributed by atoms with E-state index in [1.807, 2.05) is 12.1 Å². The fourth-order valence-corrected chi connectivity index (χ4v) is 5.14. The number of methoxy groups -OCH3 is 3. The zero-order chi connectivity index (χ0) is 17.1. The van der Waals surface area contributed by atoms with Gasteiger partial charge in [-0.05, 0) is 30.8 Å². The molecule has 0 bridgehead atoms. The third-order valence-corrected chi connectivity index (χ3v) is 6.34. The van der Waals surface area contributed by atoms with Crippen molar-refractivity contribution in [3.8, 4) is 17.2 Å². The Labute approximate surface area is 149 Å². The van der Waals surface area contributed by atoms with Crippen molar-refractivity contribution in [1.82, 2.24) is 0 Å². The maximum atomic E-state index is 5.52. The van der Waals surface area contributed by atoms with Gasteiger partial charge < -0.3 is 14.2 Å². The first kappa shape index (κ1) is 20.4. The molecule has 1 aromatic rings. The Morgan fingerprint density at radius 3 is 1.87 bits per heavy atom. The summed E-state index contributed by atoms with van der Waals surface area (Å²) in [6.45, 7) is 4.47. The Morgan fingerprint density at radius 1 is 0.870 bits per heavy atom. The van der Waals surface area contributed by atoms with Crippen LogP contribution >= 0.6 is 23.5 Å². The van der Waals surface area contributed by atoms with Gasteiger partial charge in [-0.1, -0.05) is 20.3 Å². The van der Waals surface area contributed by atoms with Crippen LogP contribution in [0.5, 0.6) is 17.2 Å². The molecule has 0 aliphatic carbocycles. The van der Waals surface area contributed by atoms with Gasteiger partial charge in [0.1, 0.15) is 17.2 Å². The summed E-state index contributed by atoms with van der Waals surface area (Å²) in [6.07, 6.45) is 4.60. The van der Waals surface area contributed by atoms with Gasteiger partial charge in [0.2, 0.25) is 0 Å². The highest BCUT2D eigenvalue weighted by molar-refractivity contribution is 8.16. The average Bonchev–Trinajstić information content (AvgIpc) is 2.58. The minimum atomic E-state index is 0.727. The number of rotatable bonds is 12. The highest BCUT2D eigenvalue weighted by Gasteiger charge is 2.14. The number of ether oxygens (including phenoxy) is 3. The summed E-state index contributed by atoms with van der Waals surface area (Å²) >= 11 is 4.13. The first-order valence-corrected chi connectivity index (χ1v) is 10.3. The predicted octanol–water partition coefficient (Wildman–Crippen LogP) is 5.26. The van der Waals surface area contributed by atoms with Gasteiger partial charge in [0.15, 0.2) is 0 Å². The Balaban J connectivity index is 2.62. The zero-order valence-corrected chi connectivity index (χ0v) is 16.6. The van der Waals surface area contributed by atoms with Crippen molar-refractivity contribution in [3.63, 3.8) is 0 Å². The average molecular weight is 359 g/mol. The molecule has 1 rings (SSSR count). The molecule has 0 atom stereocenters. The Hall–Kier alpha value is -0.680. The van der Waals surface area contributed by atoms with Gasteiger partial charge in [-0.25, -0.2) is 0 Å². The van der Waals surface area contributed by atoms with Crippen molar-refractivity contribution in [2.24, 2.45) is 0 Å². The van der Waals surface area contributed by atoms with Crippen LogP contribution in [0.4, 0.5) is 0 Å². The van der Waals surface area contributed by atoms with E-state index in [4.69, 9.17) is 14.2 Å². The first-order chi connectivity index (χ1) is 11.2. The molecule has 1 aromatic carbocycles. The minimum absolute atomic E-state index is 0.727. The van der Waals surface area contributed by atoms with Gasteiger partial charge >= 0.3 is 0 Å². The van der Waals surface area contributed by atoms with Crippen LogP contribution in [-0.4, -0.2) is 37.4 Å². The first-order valence-electron chi connectivity index (χ1n) is 8.22. The molecule has 0 radical (unpaired) electrons. The van der Waals surface area contributed by atoms with E-state index in [0.717, 1.165) is 40.2 Å². The van der Waals surface area contributed by atoms with Crippen molar-refractivity contribution >= 4 is 23.5 Å². The molecule has 0 saturated heterocycles. The molecule has 0 unspecified atom stereocenters. The lowest BCUT2D eigenvalue weighted by atomic mass is 10.0. The molecule has 0 amide bonds. The number of hydrogen-bond donors (Lipinski definition) is 0. The normalized spacial score (nSPS) is 10.9. The molecule has 0 aromatic heterocycles. The molecular weight excluding hydrogens is 328 g/mol. The van der Waals surface area contributed by atoms with Crippen LogP contribution in [0, 0.1) is 0 Å². The van der Waals surface area contributed by atoms with E-state index in [9.17, 15) is 0 Å². The van der Waals surface area contributed by atoms with Crippen molar-refractivity contribution in [1.29, 1.82) is 0 Å². The quantitative estimate of drug-likeness (QED) is 0.375. The molecule has 0 aliphatic rings. The number of benzene rings is 1. The summed E-state index contributed by atoms with van der Waals surface area (Å²) in [5.41, 5.74) is 1.14. The summed E-state index contributed by atoms with van der Waals surface area (Å²) in [7, 11) is 5.05. The molecule has 132 valence electrons. The van der Waals surface area contributed by atoms with Crippen LogP contribution in [0.1, 0.15) is 38.7 Å². The standard InChI is InChI=1S/C18H30O3S2/c1-6-22-18(23-7-2)11-9-8-10-15-16(20-4)12-14(19-3)13-17(15)21-5/h12-13,18H,6-11H2,1-5H3. The van der Waals surface area contributed by atoms with Gasteiger partial charge in [-0.15, -0.1) is 23.5 Å². The molecule has 0 fully saturated rings. The van der Waals surface area contributed by atoms with Gasteiger partial charge in [0.25, 0.3) is 0 Å². The molecule has 0 aliphatic heterocycles. The lowest BCUT2D eigenvalue weighted by molar-refractivity contribution is 0.368. The van der Waals surface area contributed by atoms with Crippen LogP contribution in [0.2, 0.25) is 0 Å². The SMILES string of the molecule is CCSC(CCCCc1c(OC)cc(OC)cc1OC)SCC. The van der Waals surface area contributed by atoms with E-state index in [1.165, 1.54) is 24.3 Å². The molecule has 0 spiro atoms. The summed E-state index contributed by atoms with van der Waals surface area (Å²) in [5.74, 6) is 4.85. The van der Waals surface area contributed by atoms with Crippen molar-refractivity contribution in [3.05, 3.63) is 17.7 Å². The second-order valence-corrected chi connectivity index (χ2v) is 8.35. The molecule has 3 nitrogen and oxygen atoms in total. The summed E-state index contributed by atoms with van der Waals surface area (Å²) in [5, 5.41) is 0. The van der Waals surface area contributed by atoms with Crippen LogP contribution in [0.25, 0.3) is 0 Å². The molecule has 0 heterocycles. The van der Waals surface area contributed by atoms with E-state index in [-0.39, 0.29) is 0 Å². The second-order valence-electron chi connectivity index (χ2n) is 5.10. The van der Waals surface area contributed by atoms with E-state index >= 15 is 0 Å². The molecular formula is C18H30O3S2. The monoisotopic (exact) mass is 358 g/mol. The van der Waals surface area contributed by atoms with Crippen molar-refractivity contribution in [2.75, 3.05) is 32.8 Å². The predicted molar refractivity (Wildman–Crippen MR) is 104 cm³/mol. The Bertz CT molecular complexity index is 421. The second kappa shape index (κ2) is 11.8. The lowest BCUT2D eigenvalue weighted by Crippen LogP contribution is -2.01. The lowest BCUT2D eigenvalue weighted by Gasteiger charge is -2.16. The highest BCUT2D eigenvalue weighted by Crippen LogP contribution is 2.35. The van der Waals surface area contributed by atoms with Crippen LogP contribution in [-0.2, 0) is 6.42 Å². The summed E-state index contributed by atoms with van der Waals surface area (Å²) < 4.78 is 17.1. The van der Waals surface area contributed by atoms with Crippen molar-refractivity contribution in [2.45, 2.75) is 44.1 Å². The highest BCUT2D eigenvalue weighted by atomic mass is 32.2. The fraction of sp³-hybridized carbons (Fsp3) is 0.667. The van der Waals surface area contributed by atoms with Crippen LogP contribution < -0.4 is 14.2 Å². The third kappa shape index (κ3) is 6.76. The molecule has 23 heavy (non-hydrogen) atoms. The van der Waals surface area contributed by atoms with Gasteiger partial charge in [-0.2, -0.15) is 0 Å². The third-order valence-electron chi connectivity index (χ3n) is 3.64. The maximum absolute atomic E-state index is 5.52. The topological polar surface area (TPSA) is 27.7 Å². The van der Waals surface area contributed by atoms with E-state index in [1.54, 1.807) is 21.3 Å². The summed E-state index contributed by atoms with van der Waals surface area (Å²) in [4.78, 5) is 0. The largest absolute Gasteiger partial charge is 0.496 e. The maximum Gasteiger partial charge on any atom is 0.129 e. The van der Waals surface area contributed by atoms with Gasteiger partial charge in [0, 0.05) is 17.7 Å². The van der Waals surface area contributed by atoms with Crippen LogP contribution in [0.15, 0.2) is 12.1 Å². The number of thioether (sulfide) groups is 2. The summed E-state index contributed by atoms with van der Waals surface area (Å²) in [6, 6.07) is 3.86. The minimum Gasteiger partial charge on any atom is -0.496 e. The Morgan fingerprint density at radius 2 is 1.43 bits per heavy atom. The van der Waals surface area contributed by atoms with Gasteiger partial charge in [-0.3, -0.25) is 0 Å². The molecule has 5 heteroatoms. The molecule has 0 saturated carbocycles. The van der Waals surface area contributed by atoms with Crippen LogP contribution in [0.3, 0.4) is 0 Å². The van der Waals surface area contributed by atoms with E-state index < -0.39 is 0 Å². The molecule has 0 N–H and O–H groups in total.